The third-order valence-corrected chi connectivity index (χ3v) is 3.12. The van der Waals surface area contributed by atoms with Gasteiger partial charge in [-0.2, -0.15) is 0 Å². The molecule has 1 saturated heterocycles. The first-order valence-corrected chi connectivity index (χ1v) is 6.17. The van der Waals surface area contributed by atoms with Crippen LogP contribution in [0.3, 0.4) is 0 Å². The highest BCUT2D eigenvalue weighted by Gasteiger charge is 2.22. The quantitative estimate of drug-likeness (QED) is 0.738. The van der Waals surface area contributed by atoms with Crippen LogP contribution in [0.25, 0.3) is 0 Å². The fourth-order valence-corrected chi connectivity index (χ4v) is 1.98. The van der Waals surface area contributed by atoms with E-state index in [9.17, 15) is 4.79 Å². The van der Waals surface area contributed by atoms with Crippen molar-refractivity contribution < 1.29 is 9.53 Å². The van der Waals surface area contributed by atoms with Crippen LogP contribution < -0.4 is 5.32 Å². The van der Waals surface area contributed by atoms with Gasteiger partial charge in [0, 0.05) is 26.6 Å². The molecule has 2 unspecified atom stereocenters. The second-order valence-corrected chi connectivity index (χ2v) is 4.60. The number of hydrogen-bond acceptors (Lipinski definition) is 3. The summed E-state index contributed by atoms with van der Waals surface area (Å²) in [5.74, 6) is 0.221. The van der Waals surface area contributed by atoms with Crippen molar-refractivity contribution in [1.82, 2.24) is 10.2 Å². The van der Waals surface area contributed by atoms with Crippen LogP contribution in [0, 0.1) is 0 Å². The summed E-state index contributed by atoms with van der Waals surface area (Å²) in [4.78, 5) is 13.5. The van der Waals surface area contributed by atoms with E-state index < -0.39 is 0 Å². The lowest BCUT2D eigenvalue weighted by atomic mass is 10.1. The molecule has 0 saturated carbocycles. The highest BCUT2D eigenvalue weighted by atomic mass is 16.5. The van der Waals surface area contributed by atoms with E-state index in [1.54, 1.807) is 4.90 Å². The zero-order chi connectivity index (χ0) is 12.0. The molecule has 0 aromatic heterocycles. The third kappa shape index (κ3) is 4.49. The molecule has 16 heavy (non-hydrogen) atoms. The fourth-order valence-electron chi connectivity index (χ4n) is 1.98. The molecular formula is C12H24N2O2. The van der Waals surface area contributed by atoms with Crippen molar-refractivity contribution in [1.29, 1.82) is 0 Å². The molecule has 2 atom stereocenters. The third-order valence-electron chi connectivity index (χ3n) is 3.12. The van der Waals surface area contributed by atoms with Crippen LogP contribution in [0.4, 0.5) is 0 Å². The summed E-state index contributed by atoms with van der Waals surface area (Å²) < 4.78 is 5.69. The Labute approximate surface area is 98.3 Å². The van der Waals surface area contributed by atoms with Crippen molar-refractivity contribution in [3.8, 4) is 0 Å². The van der Waals surface area contributed by atoms with Crippen molar-refractivity contribution in [2.24, 2.45) is 0 Å². The number of rotatable bonds is 6. The van der Waals surface area contributed by atoms with E-state index in [-0.39, 0.29) is 5.91 Å². The summed E-state index contributed by atoms with van der Waals surface area (Å²) in [7, 11) is 3.75. The van der Waals surface area contributed by atoms with Crippen molar-refractivity contribution >= 4 is 5.91 Å². The number of hydrogen-bond donors (Lipinski definition) is 1. The number of carbonyl (C=O) groups is 1. The van der Waals surface area contributed by atoms with Crippen LogP contribution in [0.1, 0.15) is 32.6 Å². The molecule has 1 amide bonds. The molecule has 94 valence electrons. The summed E-state index contributed by atoms with van der Waals surface area (Å²) >= 11 is 0. The molecule has 1 rings (SSSR count). The van der Waals surface area contributed by atoms with Crippen molar-refractivity contribution in [3.63, 3.8) is 0 Å². The van der Waals surface area contributed by atoms with Gasteiger partial charge < -0.3 is 15.0 Å². The van der Waals surface area contributed by atoms with Gasteiger partial charge in [0.15, 0.2) is 0 Å². The molecule has 0 aliphatic carbocycles. The maximum absolute atomic E-state index is 11.7. The van der Waals surface area contributed by atoms with Crippen molar-refractivity contribution in [2.45, 2.75) is 44.8 Å². The molecule has 1 fully saturated rings. The van der Waals surface area contributed by atoms with Gasteiger partial charge >= 0.3 is 0 Å². The minimum atomic E-state index is 0.221. The van der Waals surface area contributed by atoms with Gasteiger partial charge in [-0.1, -0.05) is 0 Å². The van der Waals surface area contributed by atoms with Gasteiger partial charge in [0.05, 0.1) is 12.2 Å². The number of amides is 1. The van der Waals surface area contributed by atoms with Gasteiger partial charge in [-0.3, -0.25) is 4.79 Å². The molecule has 4 heteroatoms. The second kappa shape index (κ2) is 6.86. The van der Waals surface area contributed by atoms with Crippen LogP contribution in [-0.4, -0.2) is 50.2 Å². The molecule has 1 aliphatic heterocycles. The van der Waals surface area contributed by atoms with Crippen LogP contribution in [0.2, 0.25) is 0 Å². The molecule has 0 aromatic carbocycles. The number of likely N-dealkylation sites (N-methyl/N-ethyl adjacent to an activating group) is 2. The van der Waals surface area contributed by atoms with Gasteiger partial charge in [-0.25, -0.2) is 0 Å². The Balaban J connectivity index is 2.14. The van der Waals surface area contributed by atoms with E-state index in [1.165, 1.54) is 0 Å². The van der Waals surface area contributed by atoms with Crippen LogP contribution in [0.5, 0.6) is 0 Å². The standard InChI is InChI=1S/C12H24N2O2/c1-10-4-5-11(16-10)6-7-12(15)14(3)9-8-13-2/h10-11,13H,4-9H2,1-3H3. The van der Waals surface area contributed by atoms with Gasteiger partial charge in [0.2, 0.25) is 5.91 Å². The summed E-state index contributed by atoms with van der Waals surface area (Å²) in [6.45, 7) is 3.72. The van der Waals surface area contributed by atoms with E-state index in [2.05, 4.69) is 12.2 Å². The summed E-state index contributed by atoms with van der Waals surface area (Å²) in [6.07, 6.45) is 4.40. The number of carbonyl (C=O) groups excluding carboxylic acids is 1. The average molecular weight is 228 g/mol. The summed E-state index contributed by atoms with van der Waals surface area (Å²) in [5, 5.41) is 3.04. The first kappa shape index (κ1) is 13.5. The Morgan fingerprint density at radius 3 is 2.81 bits per heavy atom. The lowest BCUT2D eigenvalue weighted by molar-refractivity contribution is -0.130. The Hall–Kier alpha value is -0.610. The molecule has 0 spiro atoms. The van der Waals surface area contributed by atoms with Gasteiger partial charge in [0.25, 0.3) is 0 Å². The molecule has 1 heterocycles. The minimum absolute atomic E-state index is 0.221. The van der Waals surface area contributed by atoms with E-state index in [1.807, 2.05) is 14.1 Å². The lowest BCUT2D eigenvalue weighted by Crippen LogP contribution is -2.33. The second-order valence-electron chi connectivity index (χ2n) is 4.60. The van der Waals surface area contributed by atoms with Crippen LogP contribution in [0.15, 0.2) is 0 Å². The Morgan fingerprint density at radius 1 is 1.50 bits per heavy atom. The van der Waals surface area contributed by atoms with E-state index in [0.717, 1.165) is 32.4 Å². The minimum Gasteiger partial charge on any atom is -0.375 e. The first-order valence-electron chi connectivity index (χ1n) is 6.17. The predicted octanol–water partition coefficient (Wildman–Crippen LogP) is 1.01. The fraction of sp³-hybridized carbons (Fsp3) is 0.917. The maximum Gasteiger partial charge on any atom is 0.222 e. The number of ether oxygens (including phenoxy) is 1. The number of nitrogens with one attached hydrogen (secondary N) is 1. The first-order chi connectivity index (χ1) is 7.63. The molecule has 0 radical (unpaired) electrons. The largest absolute Gasteiger partial charge is 0.375 e. The molecule has 4 nitrogen and oxygen atoms in total. The lowest BCUT2D eigenvalue weighted by Gasteiger charge is -2.18. The Bertz CT molecular complexity index is 221. The Morgan fingerprint density at radius 2 is 2.25 bits per heavy atom. The average Bonchev–Trinajstić information content (AvgIpc) is 2.68. The van der Waals surface area contributed by atoms with E-state index >= 15 is 0 Å². The zero-order valence-corrected chi connectivity index (χ0v) is 10.7. The molecular weight excluding hydrogens is 204 g/mol. The van der Waals surface area contributed by atoms with E-state index in [0.29, 0.717) is 18.6 Å². The summed E-state index contributed by atoms with van der Waals surface area (Å²) in [6, 6.07) is 0. The van der Waals surface area contributed by atoms with Gasteiger partial charge in [-0.05, 0) is 33.2 Å². The van der Waals surface area contributed by atoms with Crippen molar-refractivity contribution in [2.75, 3.05) is 27.2 Å². The van der Waals surface area contributed by atoms with Crippen LogP contribution >= 0.6 is 0 Å². The zero-order valence-electron chi connectivity index (χ0n) is 10.7. The van der Waals surface area contributed by atoms with Gasteiger partial charge in [-0.15, -0.1) is 0 Å². The highest BCUT2D eigenvalue weighted by molar-refractivity contribution is 5.75. The van der Waals surface area contributed by atoms with E-state index in [4.69, 9.17) is 4.74 Å². The molecule has 1 aliphatic rings. The van der Waals surface area contributed by atoms with Crippen molar-refractivity contribution in [3.05, 3.63) is 0 Å². The Kier molecular flexibility index (Phi) is 5.77. The normalized spacial score (nSPS) is 24.7. The highest BCUT2D eigenvalue weighted by Crippen LogP contribution is 2.22. The summed E-state index contributed by atoms with van der Waals surface area (Å²) in [5.41, 5.74) is 0. The molecule has 0 bridgehead atoms. The van der Waals surface area contributed by atoms with Gasteiger partial charge in [0.1, 0.15) is 0 Å². The molecule has 0 aromatic rings. The topological polar surface area (TPSA) is 41.6 Å². The smallest absolute Gasteiger partial charge is 0.222 e. The molecule has 1 N–H and O–H groups in total. The van der Waals surface area contributed by atoms with Crippen LogP contribution in [-0.2, 0) is 9.53 Å². The SMILES string of the molecule is CNCCN(C)C(=O)CCC1CCC(C)O1. The maximum atomic E-state index is 11.7. The number of nitrogens with zero attached hydrogens (tertiary/aromatic N) is 1. The monoisotopic (exact) mass is 228 g/mol. The predicted molar refractivity (Wildman–Crippen MR) is 64.4 cm³/mol.